The van der Waals surface area contributed by atoms with E-state index < -0.39 is 0 Å². The van der Waals surface area contributed by atoms with Gasteiger partial charge in [0.05, 0.1) is 6.10 Å². The summed E-state index contributed by atoms with van der Waals surface area (Å²) in [5.74, 6) is 4.03. The molecule has 0 aromatic carbocycles. The highest BCUT2D eigenvalue weighted by atomic mass is 16.3. The molecule has 1 aliphatic heterocycles. The molecule has 1 atom stereocenters. The van der Waals surface area contributed by atoms with Crippen LogP contribution in [-0.4, -0.2) is 41.3 Å². The van der Waals surface area contributed by atoms with E-state index in [4.69, 9.17) is 4.98 Å². The summed E-state index contributed by atoms with van der Waals surface area (Å²) in [5.41, 5.74) is 1.14. The van der Waals surface area contributed by atoms with Gasteiger partial charge in [0.15, 0.2) is 0 Å². The Hall–Kier alpha value is -1.36. The average Bonchev–Trinajstić information content (AvgIpc) is 3.32. The van der Waals surface area contributed by atoms with Crippen molar-refractivity contribution in [3.63, 3.8) is 0 Å². The molecule has 1 unspecified atom stereocenters. The number of hydrogen-bond acceptors (Lipinski definition) is 5. The van der Waals surface area contributed by atoms with Crippen molar-refractivity contribution in [1.29, 1.82) is 0 Å². The topological polar surface area (TPSA) is 61.3 Å². The minimum Gasteiger partial charge on any atom is -0.393 e. The fourth-order valence-electron chi connectivity index (χ4n) is 3.19. The molecule has 5 heteroatoms. The fourth-order valence-corrected chi connectivity index (χ4v) is 3.19. The van der Waals surface area contributed by atoms with E-state index in [0.717, 1.165) is 49.0 Å². The Bertz CT molecular complexity index is 505. The summed E-state index contributed by atoms with van der Waals surface area (Å²) in [6.07, 6.45) is 4.31. The number of rotatable bonds is 4. The molecule has 5 nitrogen and oxygen atoms in total. The number of piperidine rings is 1. The summed E-state index contributed by atoms with van der Waals surface area (Å²) in [7, 11) is 1.93. The normalized spacial score (nSPS) is 21.4. The molecular weight excluding hydrogens is 264 g/mol. The van der Waals surface area contributed by atoms with Crippen LogP contribution in [0.1, 0.15) is 49.9 Å². The van der Waals surface area contributed by atoms with Gasteiger partial charge in [0.1, 0.15) is 17.5 Å². The first-order chi connectivity index (χ1) is 10.1. The average molecular weight is 290 g/mol. The van der Waals surface area contributed by atoms with Crippen LogP contribution in [0.2, 0.25) is 0 Å². The van der Waals surface area contributed by atoms with Gasteiger partial charge in [-0.05, 0) is 45.4 Å². The predicted octanol–water partition coefficient (Wildman–Crippen LogP) is 2.30. The van der Waals surface area contributed by atoms with Gasteiger partial charge in [-0.25, -0.2) is 9.97 Å². The van der Waals surface area contributed by atoms with Gasteiger partial charge in [-0.15, -0.1) is 0 Å². The Morgan fingerprint density at radius 3 is 2.38 bits per heavy atom. The Morgan fingerprint density at radius 1 is 1.19 bits per heavy atom. The zero-order valence-electron chi connectivity index (χ0n) is 13.3. The molecule has 116 valence electrons. The summed E-state index contributed by atoms with van der Waals surface area (Å²) in [6, 6.07) is 0. The van der Waals surface area contributed by atoms with Crippen molar-refractivity contribution >= 4 is 11.6 Å². The van der Waals surface area contributed by atoms with Gasteiger partial charge in [0.2, 0.25) is 0 Å². The monoisotopic (exact) mass is 290 g/mol. The van der Waals surface area contributed by atoms with Gasteiger partial charge >= 0.3 is 0 Å². The first-order valence-corrected chi connectivity index (χ1v) is 8.09. The molecule has 2 N–H and O–H groups in total. The molecule has 2 heterocycles. The van der Waals surface area contributed by atoms with Crippen LogP contribution < -0.4 is 10.2 Å². The zero-order valence-corrected chi connectivity index (χ0v) is 13.3. The van der Waals surface area contributed by atoms with Crippen molar-refractivity contribution in [2.45, 2.75) is 51.6 Å². The highest BCUT2D eigenvalue weighted by Crippen LogP contribution is 2.40. The molecule has 2 fully saturated rings. The lowest BCUT2D eigenvalue weighted by molar-refractivity contribution is 0.109. The lowest BCUT2D eigenvalue weighted by Crippen LogP contribution is -2.38. The number of aromatic nitrogens is 2. The predicted molar refractivity (Wildman–Crippen MR) is 84.9 cm³/mol. The minimum absolute atomic E-state index is 0.200. The van der Waals surface area contributed by atoms with Crippen molar-refractivity contribution in [3.05, 3.63) is 11.4 Å². The van der Waals surface area contributed by atoms with Gasteiger partial charge in [0, 0.05) is 31.6 Å². The highest BCUT2D eigenvalue weighted by Gasteiger charge is 2.30. The number of anilines is 2. The fraction of sp³-hybridized carbons (Fsp3) is 0.750. The van der Waals surface area contributed by atoms with Crippen molar-refractivity contribution in [3.8, 4) is 0 Å². The smallest absolute Gasteiger partial charge is 0.137 e. The molecule has 0 amide bonds. The number of hydrogen-bond donors (Lipinski definition) is 2. The van der Waals surface area contributed by atoms with Crippen molar-refractivity contribution in [2.75, 3.05) is 30.4 Å². The second-order valence-electron chi connectivity index (χ2n) is 6.47. The number of nitrogens with one attached hydrogen (secondary N) is 1. The minimum atomic E-state index is -0.200. The van der Waals surface area contributed by atoms with Crippen LogP contribution in [0.4, 0.5) is 11.6 Å². The van der Waals surface area contributed by atoms with E-state index >= 15 is 0 Å². The van der Waals surface area contributed by atoms with Crippen molar-refractivity contribution in [1.82, 2.24) is 9.97 Å². The van der Waals surface area contributed by atoms with Gasteiger partial charge in [-0.2, -0.15) is 0 Å². The summed E-state index contributed by atoms with van der Waals surface area (Å²) < 4.78 is 0. The number of aliphatic hydroxyl groups excluding tert-OH is 1. The van der Waals surface area contributed by atoms with E-state index in [1.807, 2.05) is 14.0 Å². The molecule has 1 aromatic rings. The Labute approximate surface area is 126 Å². The molecule has 0 bridgehead atoms. The van der Waals surface area contributed by atoms with E-state index in [1.54, 1.807) is 0 Å². The van der Waals surface area contributed by atoms with Crippen LogP contribution in [0, 0.1) is 12.8 Å². The molecule has 1 aliphatic carbocycles. The first kappa shape index (κ1) is 14.6. The van der Waals surface area contributed by atoms with E-state index in [0.29, 0.717) is 11.8 Å². The van der Waals surface area contributed by atoms with Crippen molar-refractivity contribution < 1.29 is 5.11 Å². The molecule has 1 saturated heterocycles. The summed E-state index contributed by atoms with van der Waals surface area (Å²) in [6.45, 7) is 5.94. The largest absolute Gasteiger partial charge is 0.393 e. The van der Waals surface area contributed by atoms with Crippen LogP contribution in [0.25, 0.3) is 0 Å². The first-order valence-electron chi connectivity index (χ1n) is 8.09. The van der Waals surface area contributed by atoms with Gasteiger partial charge in [0.25, 0.3) is 0 Å². The van der Waals surface area contributed by atoms with Crippen LogP contribution in [0.5, 0.6) is 0 Å². The highest BCUT2D eigenvalue weighted by molar-refractivity contribution is 5.59. The molecule has 2 aliphatic rings. The lowest BCUT2D eigenvalue weighted by Gasteiger charge is -2.35. The summed E-state index contributed by atoms with van der Waals surface area (Å²) in [5, 5.41) is 12.9. The third kappa shape index (κ3) is 2.98. The van der Waals surface area contributed by atoms with Gasteiger partial charge < -0.3 is 15.3 Å². The van der Waals surface area contributed by atoms with E-state index in [2.05, 4.69) is 22.1 Å². The summed E-state index contributed by atoms with van der Waals surface area (Å²) in [4.78, 5) is 11.9. The molecule has 21 heavy (non-hydrogen) atoms. The van der Waals surface area contributed by atoms with Crippen molar-refractivity contribution in [2.24, 2.45) is 5.92 Å². The molecule has 0 spiro atoms. The van der Waals surface area contributed by atoms with Crippen LogP contribution in [-0.2, 0) is 0 Å². The standard InChI is InChI=1S/C16H26N4O/c1-10-14(17-3)18-15(13-4-5-13)19-16(10)20-8-6-12(7-9-20)11(2)21/h11-13,21H,4-9H2,1-3H3,(H,17,18,19). The van der Waals surface area contributed by atoms with Crippen LogP contribution in [0.3, 0.4) is 0 Å². The third-order valence-corrected chi connectivity index (χ3v) is 4.84. The van der Waals surface area contributed by atoms with Gasteiger partial charge in [-0.1, -0.05) is 0 Å². The Morgan fingerprint density at radius 2 is 1.86 bits per heavy atom. The SMILES string of the molecule is CNc1nc(C2CC2)nc(N2CCC(C(C)O)CC2)c1C. The number of nitrogens with zero attached hydrogens (tertiary/aromatic N) is 3. The maximum absolute atomic E-state index is 9.74. The van der Waals surface area contributed by atoms with E-state index in [9.17, 15) is 5.11 Å². The second kappa shape index (κ2) is 5.79. The van der Waals surface area contributed by atoms with Crippen LogP contribution in [0.15, 0.2) is 0 Å². The van der Waals surface area contributed by atoms with Crippen LogP contribution >= 0.6 is 0 Å². The van der Waals surface area contributed by atoms with E-state index in [1.165, 1.54) is 12.8 Å². The maximum Gasteiger partial charge on any atom is 0.137 e. The second-order valence-corrected chi connectivity index (χ2v) is 6.47. The third-order valence-electron chi connectivity index (χ3n) is 4.84. The molecule has 0 radical (unpaired) electrons. The lowest BCUT2D eigenvalue weighted by atomic mass is 9.92. The molecular formula is C16H26N4O. The summed E-state index contributed by atoms with van der Waals surface area (Å²) >= 11 is 0. The maximum atomic E-state index is 9.74. The molecule has 1 aromatic heterocycles. The zero-order chi connectivity index (χ0) is 15.0. The quantitative estimate of drug-likeness (QED) is 0.891. The van der Waals surface area contributed by atoms with Gasteiger partial charge in [-0.3, -0.25) is 0 Å². The Balaban J connectivity index is 1.82. The number of aliphatic hydroxyl groups is 1. The molecule has 3 rings (SSSR count). The van der Waals surface area contributed by atoms with E-state index in [-0.39, 0.29) is 6.10 Å². The molecule has 1 saturated carbocycles. The Kier molecular flexibility index (Phi) is 4.02.